The Morgan fingerprint density at radius 1 is 1.30 bits per heavy atom. The molecule has 0 unspecified atom stereocenters. The van der Waals surface area contributed by atoms with Gasteiger partial charge < -0.3 is 21.3 Å². The van der Waals surface area contributed by atoms with Crippen molar-refractivity contribution in [3.8, 4) is 0 Å². The first-order valence-corrected chi connectivity index (χ1v) is 8.16. The summed E-state index contributed by atoms with van der Waals surface area (Å²) in [5, 5.41) is 5.51. The van der Waals surface area contributed by atoms with E-state index in [9.17, 15) is 9.59 Å². The van der Waals surface area contributed by atoms with Crippen molar-refractivity contribution >= 4 is 17.6 Å². The number of urea groups is 1. The molecule has 126 valence electrons. The van der Waals surface area contributed by atoms with Gasteiger partial charge in [-0.15, -0.1) is 0 Å². The van der Waals surface area contributed by atoms with Gasteiger partial charge in [0.15, 0.2) is 0 Å². The molecule has 1 saturated heterocycles. The first kappa shape index (κ1) is 17.3. The van der Waals surface area contributed by atoms with Crippen LogP contribution in [0, 0.1) is 5.92 Å². The van der Waals surface area contributed by atoms with Crippen LogP contribution < -0.4 is 16.4 Å². The molecule has 2 rings (SSSR count). The lowest BCUT2D eigenvalue weighted by Gasteiger charge is -2.31. The molecule has 1 aromatic carbocycles. The summed E-state index contributed by atoms with van der Waals surface area (Å²) < 4.78 is 0. The molecule has 0 radical (unpaired) electrons. The number of benzene rings is 1. The molecule has 6 nitrogen and oxygen atoms in total. The minimum Gasteiger partial charge on any atom is -0.339 e. The molecule has 0 aliphatic carbocycles. The zero-order chi connectivity index (χ0) is 16.8. The van der Waals surface area contributed by atoms with Gasteiger partial charge in [0.05, 0.1) is 0 Å². The van der Waals surface area contributed by atoms with Crippen LogP contribution in [0.5, 0.6) is 0 Å². The summed E-state index contributed by atoms with van der Waals surface area (Å²) in [4.78, 5) is 26.2. The number of carbonyl (C=O) groups excluding carboxylic acids is 2. The third-order valence-electron chi connectivity index (χ3n) is 4.02. The van der Waals surface area contributed by atoms with Gasteiger partial charge in [-0.05, 0) is 57.4 Å². The standard InChI is InChI=1S/C17H26N4O2/c1-12(2)19-17(23)20-15-5-3-4-14(10-15)16(22)21-8-6-13(11-18)7-9-21/h3-5,10,12-13H,6-9,11,18H2,1-2H3,(H2,19,20,23). The van der Waals surface area contributed by atoms with Gasteiger partial charge in [-0.2, -0.15) is 0 Å². The second-order valence-electron chi connectivity index (χ2n) is 6.31. The molecule has 0 bridgehead atoms. The predicted octanol–water partition coefficient (Wildman–Crippen LogP) is 2.03. The van der Waals surface area contributed by atoms with Crippen molar-refractivity contribution in [2.75, 3.05) is 25.0 Å². The van der Waals surface area contributed by atoms with E-state index in [0.29, 0.717) is 23.7 Å². The van der Waals surface area contributed by atoms with E-state index >= 15 is 0 Å². The van der Waals surface area contributed by atoms with Gasteiger partial charge in [0, 0.05) is 30.4 Å². The molecule has 1 heterocycles. The number of nitrogens with two attached hydrogens (primary N) is 1. The summed E-state index contributed by atoms with van der Waals surface area (Å²) in [6.07, 6.45) is 1.91. The maximum absolute atomic E-state index is 12.6. The fraction of sp³-hybridized carbons (Fsp3) is 0.529. The van der Waals surface area contributed by atoms with Crippen molar-refractivity contribution in [1.29, 1.82) is 0 Å². The second-order valence-corrected chi connectivity index (χ2v) is 6.31. The second kappa shape index (κ2) is 7.97. The largest absolute Gasteiger partial charge is 0.339 e. The van der Waals surface area contributed by atoms with E-state index in [0.717, 1.165) is 25.9 Å². The normalized spacial score (nSPS) is 15.6. The average Bonchev–Trinajstić information content (AvgIpc) is 2.53. The molecule has 6 heteroatoms. The van der Waals surface area contributed by atoms with Crippen LogP contribution in [-0.4, -0.2) is 42.5 Å². The van der Waals surface area contributed by atoms with Crippen molar-refractivity contribution in [3.63, 3.8) is 0 Å². The number of piperidine rings is 1. The number of nitrogens with one attached hydrogen (secondary N) is 2. The first-order valence-electron chi connectivity index (χ1n) is 8.16. The molecular formula is C17H26N4O2. The van der Waals surface area contributed by atoms with Crippen LogP contribution in [0.15, 0.2) is 24.3 Å². The molecule has 0 atom stereocenters. The Morgan fingerprint density at radius 3 is 2.61 bits per heavy atom. The number of hydrogen-bond donors (Lipinski definition) is 3. The van der Waals surface area contributed by atoms with E-state index in [2.05, 4.69) is 10.6 Å². The van der Waals surface area contributed by atoms with E-state index in [1.54, 1.807) is 24.3 Å². The zero-order valence-electron chi connectivity index (χ0n) is 13.8. The number of nitrogens with zero attached hydrogens (tertiary/aromatic N) is 1. The van der Waals surface area contributed by atoms with Gasteiger partial charge >= 0.3 is 6.03 Å². The van der Waals surface area contributed by atoms with E-state index < -0.39 is 0 Å². The summed E-state index contributed by atoms with van der Waals surface area (Å²) in [5.74, 6) is 0.528. The molecule has 1 aromatic rings. The molecular weight excluding hydrogens is 292 g/mol. The molecule has 0 saturated carbocycles. The van der Waals surface area contributed by atoms with Crippen LogP contribution >= 0.6 is 0 Å². The van der Waals surface area contributed by atoms with E-state index in [1.807, 2.05) is 18.7 Å². The van der Waals surface area contributed by atoms with Crippen molar-refractivity contribution in [3.05, 3.63) is 29.8 Å². The average molecular weight is 318 g/mol. The Hall–Kier alpha value is -2.08. The molecule has 3 amide bonds. The van der Waals surface area contributed by atoms with Crippen LogP contribution in [0.1, 0.15) is 37.0 Å². The van der Waals surface area contributed by atoms with Crippen LogP contribution in [0.3, 0.4) is 0 Å². The minimum atomic E-state index is -0.270. The van der Waals surface area contributed by atoms with Crippen LogP contribution in [0.25, 0.3) is 0 Å². The number of rotatable bonds is 4. The number of likely N-dealkylation sites (tertiary alicyclic amines) is 1. The van der Waals surface area contributed by atoms with Crippen molar-refractivity contribution in [1.82, 2.24) is 10.2 Å². The summed E-state index contributed by atoms with van der Waals surface area (Å²) >= 11 is 0. The Balaban J connectivity index is 1.99. The Labute approximate surface area is 137 Å². The van der Waals surface area contributed by atoms with Crippen molar-refractivity contribution < 1.29 is 9.59 Å². The third-order valence-corrected chi connectivity index (χ3v) is 4.02. The first-order chi connectivity index (χ1) is 11.0. The molecule has 0 spiro atoms. The van der Waals surface area contributed by atoms with Crippen LogP contribution in [-0.2, 0) is 0 Å². The molecule has 4 N–H and O–H groups in total. The fourth-order valence-corrected chi connectivity index (χ4v) is 2.71. The molecule has 23 heavy (non-hydrogen) atoms. The summed E-state index contributed by atoms with van der Waals surface area (Å²) in [6.45, 7) is 5.96. The van der Waals surface area contributed by atoms with Crippen molar-refractivity contribution in [2.45, 2.75) is 32.7 Å². The number of amides is 3. The maximum atomic E-state index is 12.6. The Kier molecular flexibility index (Phi) is 5.98. The molecule has 1 fully saturated rings. The molecule has 0 aromatic heterocycles. The van der Waals surface area contributed by atoms with Gasteiger partial charge in [-0.1, -0.05) is 6.07 Å². The van der Waals surface area contributed by atoms with Gasteiger partial charge in [0.1, 0.15) is 0 Å². The van der Waals surface area contributed by atoms with Crippen molar-refractivity contribution in [2.24, 2.45) is 11.7 Å². The quantitative estimate of drug-likeness (QED) is 0.794. The predicted molar refractivity (Wildman–Crippen MR) is 91.4 cm³/mol. The topological polar surface area (TPSA) is 87.5 Å². The highest BCUT2D eigenvalue weighted by atomic mass is 16.2. The van der Waals surface area contributed by atoms with Gasteiger partial charge in [0.2, 0.25) is 0 Å². The fourth-order valence-electron chi connectivity index (χ4n) is 2.71. The Morgan fingerprint density at radius 2 is 2.00 bits per heavy atom. The number of hydrogen-bond acceptors (Lipinski definition) is 3. The van der Waals surface area contributed by atoms with Gasteiger partial charge in [-0.25, -0.2) is 4.79 Å². The highest BCUT2D eigenvalue weighted by Gasteiger charge is 2.23. The molecule has 1 aliphatic rings. The lowest BCUT2D eigenvalue weighted by Crippen LogP contribution is -2.40. The smallest absolute Gasteiger partial charge is 0.319 e. The van der Waals surface area contributed by atoms with Gasteiger partial charge in [-0.3, -0.25) is 4.79 Å². The third kappa shape index (κ3) is 4.96. The summed E-state index contributed by atoms with van der Waals surface area (Å²) in [6, 6.07) is 6.85. The number of carbonyl (C=O) groups is 2. The Bertz CT molecular complexity index is 551. The zero-order valence-corrected chi connectivity index (χ0v) is 13.8. The lowest BCUT2D eigenvalue weighted by atomic mass is 9.96. The summed E-state index contributed by atoms with van der Waals surface area (Å²) in [7, 11) is 0. The van der Waals surface area contributed by atoms with E-state index in [-0.39, 0.29) is 18.0 Å². The highest BCUT2D eigenvalue weighted by Crippen LogP contribution is 2.19. The van der Waals surface area contributed by atoms with E-state index in [4.69, 9.17) is 5.73 Å². The summed E-state index contributed by atoms with van der Waals surface area (Å²) in [5.41, 5.74) is 6.90. The van der Waals surface area contributed by atoms with E-state index in [1.165, 1.54) is 0 Å². The lowest BCUT2D eigenvalue weighted by molar-refractivity contribution is 0.0693. The monoisotopic (exact) mass is 318 g/mol. The highest BCUT2D eigenvalue weighted by molar-refractivity contribution is 5.97. The minimum absolute atomic E-state index is 0.00777. The van der Waals surface area contributed by atoms with Gasteiger partial charge in [0.25, 0.3) is 5.91 Å². The SMILES string of the molecule is CC(C)NC(=O)Nc1cccc(C(=O)N2CCC(CN)CC2)c1. The van der Waals surface area contributed by atoms with Crippen LogP contribution in [0.2, 0.25) is 0 Å². The maximum Gasteiger partial charge on any atom is 0.319 e. The number of anilines is 1. The van der Waals surface area contributed by atoms with Crippen LogP contribution in [0.4, 0.5) is 10.5 Å². The molecule has 1 aliphatic heterocycles.